The SMILES string of the molecule is CCC(C)Sc1c(CCN)c(C)nn1-c1ccccc1. The Kier molecular flexibility index (Phi) is 5.26. The summed E-state index contributed by atoms with van der Waals surface area (Å²) < 4.78 is 2.07. The topological polar surface area (TPSA) is 43.8 Å². The average Bonchev–Trinajstić information content (AvgIpc) is 2.77. The Balaban J connectivity index is 2.47. The zero-order valence-electron chi connectivity index (χ0n) is 12.5. The first-order valence-corrected chi connectivity index (χ1v) is 8.06. The van der Waals surface area contributed by atoms with E-state index in [0.29, 0.717) is 11.8 Å². The van der Waals surface area contributed by atoms with E-state index in [2.05, 4.69) is 37.6 Å². The highest BCUT2D eigenvalue weighted by molar-refractivity contribution is 7.99. The lowest BCUT2D eigenvalue weighted by Gasteiger charge is -2.13. The Morgan fingerprint density at radius 1 is 1.30 bits per heavy atom. The Morgan fingerprint density at radius 3 is 2.60 bits per heavy atom. The molecule has 1 heterocycles. The van der Waals surface area contributed by atoms with Crippen molar-refractivity contribution in [1.82, 2.24) is 9.78 Å². The third-order valence-electron chi connectivity index (χ3n) is 3.42. The molecule has 108 valence electrons. The summed E-state index contributed by atoms with van der Waals surface area (Å²) in [6, 6.07) is 10.3. The van der Waals surface area contributed by atoms with Crippen molar-refractivity contribution in [3.05, 3.63) is 41.6 Å². The minimum absolute atomic E-state index is 0.574. The van der Waals surface area contributed by atoms with Crippen LogP contribution in [0.2, 0.25) is 0 Å². The van der Waals surface area contributed by atoms with Crippen molar-refractivity contribution in [3.8, 4) is 5.69 Å². The van der Waals surface area contributed by atoms with Gasteiger partial charge < -0.3 is 5.73 Å². The molecule has 0 aliphatic carbocycles. The number of nitrogens with zero attached hydrogens (tertiary/aromatic N) is 2. The molecule has 20 heavy (non-hydrogen) atoms. The maximum absolute atomic E-state index is 5.76. The van der Waals surface area contributed by atoms with Crippen LogP contribution in [0.4, 0.5) is 0 Å². The van der Waals surface area contributed by atoms with Gasteiger partial charge in [-0.1, -0.05) is 32.0 Å². The number of para-hydroxylation sites is 1. The highest BCUT2D eigenvalue weighted by Crippen LogP contribution is 2.32. The molecule has 0 radical (unpaired) electrons. The van der Waals surface area contributed by atoms with Crippen LogP contribution in [0, 0.1) is 6.92 Å². The van der Waals surface area contributed by atoms with Crippen LogP contribution < -0.4 is 5.73 Å². The molecule has 0 aliphatic heterocycles. The molecule has 0 saturated heterocycles. The molecule has 1 aromatic heterocycles. The fourth-order valence-electron chi connectivity index (χ4n) is 2.11. The van der Waals surface area contributed by atoms with Gasteiger partial charge in [0, 0.05) is 10.8 Å². The number of nitrogens with two attached hydrogens (primary N) is 1. The van der Waals surface area contributed by atoms with Gasteiger partial charge >= 0.3 is 0 Å². The summed E-state index contributed by atoms with van der Waals surface area (Å²) >= 11 is 1.90. The smallest absolute Gasteiger partial charge is 0.104 e. The van der Waals surface area contributed by atoms with Crippen molar-refractivity contribution >= 4 is 11.8 Å². The Morgan fingerprint density at radius 2 is 2.00 bits per heavy atom. The standard InChI is InChI=1S/C16H23N3S/c1-4-12(2)20-16-15(10-11-17)13(3)18-19(16)14-8-6-5-7-9-14/h5-9,12H,4,10-11,17H2,1-3H3. The molecule has 0 amide bonds. The van der Waals surface area contributed by atoms with Gasteiger partial charge in [0.05, 0.1) is 11.4 Å². The van der Waals surface area contributed by atoms with Gasteiger partial charge in [0.25, 0.3) is 0 Å². The van der Waals surface area contributed by atoms with Crippen molar-refractivity contribution in [1.29, 1.82) is 0 Å². The summed E-state index contributed by atoms with van der Waals surface area (Å²) in [7, 11) is 0. The molecule has 3 nitrogen and oxygen atoms in total. The molecule has 0 saturated carbocycles. The molecule has 1 unspecified atom stereocenters. The Bertz CT molecular complexity index is 548. The third-order valence-corrected chi connectivity index (χ3v) is 4.80. The number of aromatic nitrogens is 2. The second-order valence-electron chi connectivity index (χ2n) is 4.99. The number of benzene rings is 1. The van der Waals surface area contributed by atoms with E-state index in [1.165, 1.54) is 10.6 Å². The highest BCUT2D eigenvalue weighted by Gasteiger charge is 2.18. The summed E-state index contributed by atoms with van der Waals surface area (Å²) in [4.78, 5) is 0. The molecule has 0 fully saturated rings. The Labute approximate surface area is 125 Å². The van der Waals surface area contributed by atoms with E-state index in [1.807, 2.05) is 30.0 Å². The summed E-state index contributed by atoms with van der Waals surface area (Å²) in [5.74, 6) is 0. The van der Waals surface area contributed by atoms with Crippen molar-refractivity contribution in [2.45, 2.75) is 43.9 Å². The molecule has 0 bridgehead atoms. The lowest BCUT2D eigenvalue weighted by molar-refractivity contribution is 0.780. The van der Waals surface area contributed by atoms with Gasteiger partial charge in [-0.3, -0.25) is 0 Å². The molecular formula is C16H23N3S. The zero-order chi connectivity index (χ0) is 14.5. The van der Waals surface area contributed by atoms with E-state index >= 15 is 0 Å². The van der Waals surface area contributed by atoms with E-state index in [-0.39, 0.29) is 0 Å². The minimum Gasteiger partial charge on any atom is -0.330 e. The first kappa shape index (κ1) is 15.1. The maximum Gasteiger partial charge on any atom is 0.104 e. The largest absolute Gasteiger partial charge is 0.330 e. The first-order valence-electron chi connectivity index (χ1n) is 7.18. The van der Waals surface area contributed by atoms with Crippen LogP contribution in [0.5, 0.6) is 0 Å². The fraction of sp³-hybridized carbons (Fsp3) is 0.438. The van der Waals surface area contributed by atoms with Gasteiger partial charge in [0.1, 0.15) is 5.03 Å². The van der Waals surface area contributed by atoms with Crippen molar-refractivity contribution in [2.24, 2.45) is 5.73 Å². The normalized spacial score (nSPS) is 12.6. The van der Waals surface area contributed by atoms with E-state index in [9.17, 15) is 0 Å². The zero-order valence-corrected chi connectivity index (χ0v) is 13.3. The molecule has 2 rings (SSSR count). The number of thioether (sulfide) groups is 1. The molecule has 1 atom stereocenters. The summed E-state index contributed by atoms with van der Waals surface area (Å²) in [6.45, 7) is 7.21. The predicted octanol–water partition coefficient (Wildman–Crippen LogP) is 3.57. The van der Waals surface area contributed by atoms with Crippen molar-refractivity contribution in [2.75, 3.05) is 6.54 Å². The average molecular weight is 289 g/mol. The van der Waals surface area contributed by atoms with E-state index in [4.69, 9.17) is 10.8 Å². The second-order valence-corrected chi connectivity index (χ2v) is 6.42. The highest BCUT2D eigenvalue weighted by atomic mass is 32.2. The number of hydrogen-bond acceptors (Lipinski definition) is 3. The van der Waals surface area contributed by atoms with Gasteiger partial charge in [-0.05, 0) is 38.4 Å². The van der Waals surface area contributed by atoms with Crippen LogP contribution in [0.25, 0.3) is 5.69 Å². The van der Waals surface area contributed by atoms with Crippen molar-refractivity contribution in [3.63, 3.8) is 0 Å². The van der Waals surface area contributed by atoms with Crippen LogP contribution >= 0.6 is 11.8 Å². The van der Waals surface area contributed by atoms with Gasteiger partial charge in [-0.25, -0.2) is 4.68 Å². The third kappa shape index (κ3) is 3.25. The number of rotatable bonds is 6. The molecule has 4 heteroatoms. The lowest BCUT2D eigenvalue weighted by atomic mass is 10.2. The fourth-order valence-corrected chi connectivity index (χ4v) is 3.30. The van der Waals surface area contributed by atoms with Crippen LogP contribution in [0.15, 0.2) is 35.4 Å². The predicted molar refractivity (Wildman–Crippen MR) is 86.7 cm³/mol. The minimum atomic E-state index is 0.574. The van der Waals surface area contributed by atoms with E-state index in [0.717, 1.165) is 24.2 Å². The van der Waals surface area contributed by atoms with Crippen LogP contribution in [-0.2, 0) is 6.42 Å². The van der Waals surface area contributed by atoms with E-state index < -0.39 is 0 Å². The van der Waals surface area contributed by atoms with Crippen LogP contribution in [-0.4, -0.2) is 21.6 Å². The molecule has 1 aromatic carbocycles. The molecule has 2 N–H and O–H groups in total. The summed E-state index contributed by atoms with van der Waals surface area (Å²) in [6.07, 6.45) is 2.03. The second kappa shape index (κ2) is 6.95. The number of hydrogen-bond donors (Lipinski definition) is 1. The maximum atomic E-state index is 5.76. The number of aryl methyl sites for hydroxylation is 1. The van der Waals surface area contributed by atoms with Gasteiger partial charge in [-0.2, -0.15) is 5.10 Å². The van der Waals surface area contributed by atoms with Crippen LogP contribution in [0.1, 0.15) is 31.5 Å². The first-order chi connectivity index (χ1) is 9.67. The lowest BCUT2D eigenvalue weighted by Crippen LogP contribution is -2.06. The monoisotopic (exact) mass is 289 g/mol. The molecule has 2 aromatic rings. The summed E-state index contributed by atoms with van der Waals surface area (Å²) in [5, 5.41) is 6.55. The van der Waals surface area contributed by atoms with Crippen LogP contribution in [0.3, 0.4) is 0 Å². The molecular weight excluding hydrogens is 266 g/mol. The molecule has 0 spiro atoms. The van der Waals surface area contributed by atoms with E-state index in [1.54, 1.807) is 0 Å². The molecule has 0 aliphatic rings. The van der Waals surface area contributed by atoms with Gasteiger partial charge in [0.15, 0.2) is 0 Å². The summed E-state index contributed by atoms with van der Waals surface area (Å²) in [5.41, 5.74) is 9.26. The van der Waals surface area contributed by atoms with Gasteiger partial charge in [0.2, 0.25) is 0 Å². The van der Waals surface area contributed by atoms with Crippen molar-refractivity contribution < 1.29 is 0 Å². The van der Waals surface area contributed by atoms with Gasteiger partial charge in [-0.15, -0.1) is 11.8 Å². The quantitative estimate of drug-likeness (QED) is 0.827. The Hall–Kier alpha value is -1.26.